The molecule has 2 rings (SSSR count). The predicted molar refractivity (Wildman–Crippen MR) is 109 cm³/mol. The molecule has 5 nitrogen and oxygen atoms in total. The van der Waals surface area contributed by atoms with Gasteiger partial charge >= 0.3 is 6.09 Å². The fraction of sp³-hybridized carbons (Fsp3) is 0.350. The van der Waals surface area contributed by atoms with Crippen molar-refractivity contribution in [3.8, 4) is 0 Å². The average Bonchev–Trinajstić information content (AvgIpc) is 2.56. The third-order valence-corrected chi connectivity index (χ3v) is 4.61. The molecule has 0 aliphatic rings. The van der Waals surface area contributed by atoms with Crippen molar-refractivity contribution in [2.24, 2.45) is 0 Å². The molecule has 2 aromatic carbocycles. The molecule has 0 spiro atoms. The Kier molecular flexibility index (Phi) is 6.98. The van der Waals surface area contributed by atoms with Crippen LogP contribution in [-0.2, 0) is 4.74 Å². The Labute approximate surface area is 169 Å². The number of aliphatic hydroxyl groups excluding tert-OH is 1. The lowest BCUT2D eigenvalue weighted by atomic mass is 9.89. The van der Waals surface area contributed by atoms with Gasteiger partial charge in [0, 0.05) is 18.2 Å². The van der Waals surface area contributed by atoms with Gasteiger partial charge in [0.1, 0.15) is 5.60 Å². The van der Waals surface area contributed by atoms with E-state index in [0.717, 1.165) is 5.56 Å². The highest BCUT2D eigenvalue weighted by atomic mass is 35.5. The van der Waals surface area contributed by atoms with Crippen molar-refractivity contribution < 1.29 is 14.6 Å². The molecule has 7 heteroatoms. The summed E-state index contributed by atoms with van der Waals surface area (Å²) in [7, 11) is 0. The van der Waals surface area contributed by atoms with Crippen LogP contribution in [0.15, 0.2) is 42.5 Å². The van der Waals surface area contributed by atoms with Gasteiger partial charge in [0.25, 0.3) is 0 Å². The summed E-state index contributed by atoms with van der Waals surface area (Å²) in [5.41, 5.74) is 7.13. The highest BCUT2D eigenvalue weighted by molar-refractivity contribution is 6.42. The van der Waals surface area contributed by atoms with E-state index in [1.54, 1.807) is 63.2 Å². The number of benzene rings is 2. The minimum Gasteiger partial charge on any atom is -0.444 e. The van der Waals surface area contributed by atoms with Crippen LogP contribution in [0, 0.1) is 0 Å². The number of alkyl carbamates (subject to hydrolysis) is 1. The molecule has 0 aromatic heterocycles. The molecule has 0 aliphatic heterocycles. The van der Waals surface area contributed by atoms with Gasteiger partial charge in [-0.05, 0) is 56.2 Å². The van der Waals surface area contributed by atoms with E-state index in [4.69, 9.17) is 33.7 Å². The summed E-state index contributed by atoms with van der Waals surface area (Å²) in [4.78, 5) is 12.0. The van der Waals surface area contributed by atoms with Gasteiger partial charge in [-0.3, -0.25) is 0 Å². The zero-order chi connectivity index (χ0) is 20.2. The van der Waals surface area contributed by atoms with Crippen LogP contribution in [0.4, 0.5) is 10.5 Å². The summed E-state index contributed by atoms with van der Waals surface area (Å²) >= 11 is 12.1. The van der Waals surface area contributed by atoms with Gasteiger partial charge in [-0.1, -0.05) is 41.4 Å². The third kappa shape index (κ3) is 6.31. The lowest BCUT2D eigenvalue weighted by Crippen LogP contribution is -2.36. The number of hydrogen-bond acceptors (Lipinski definition) is 4. The van der Waals surface area contributed by atoms with Crippen LogP contribution in [0.3, 0.4) is 0 Å². The maximum atomic E-state index is 12.0. The average molecular weight is 411 g/mol. The Morgan fingerprint density at radius 2 is 1.85 bits per heavy atom. The molecule has 0 bridgehead atoms. The predicted octanol–water partition coefficient (Wildman–Crippen LogP) is 4.92. The van der Waals surface area contributed by atoms with E-state index in [2.05, 4.69) is 5.32 Å². The Hall–Kier alpha value is -1.95. The number of nitrogen functional groups attached to an aromatic ring is 1. The molecule has 0 saturated heterocycles. The van der Waals surface area contributed by atoms with Crippen molar-refractivity contribution >= 4 is 35.0 Å². The first-order valence-corrected chi connectivity index (χ1v) is 9.28. The fourth-order valence-corrected chi connectivity index (χ4v) is 2.94. The number of anilines is 1. The second-order valence-corrected chi connectivity index (χ2v) is 8.09. The molecule has 2 unspecified atom stereocenters. The quantitative estimate of drug-likeness (QED) is 0.610. The van der Waals surface area contributed by atoms with Gasteiger partial charge in [0.2, 0.25) is 0 Å². The summed E-state index contributed by atoms with van der Waals surface area (Å²) < 4.78 is 5.27. The molecule has 0 saturated carbocycles. The van der Waals surface area contributed by atoms with Gasteiger partial charge in [0.05, 0.1) is 16.1 Å². The number of halogens is 2. The fourth-order valence-electron chi connectivity index (χ4n) is 2.64. The van der Waals surface area contributed by atoms with E-state index < -0.39 is 23.7 Å². The van der Waals surface area contributed by atoms with E-state index in [-0.39, 0.29) is 6.54 Å². The number of rotatable bonds is 5. The molecule has 0 aliphatic carbocycles. The van der Waals surface area contributed by atoms with Gasteiger partial charge < -0.3 is 20.9 Å². The van der Waals surface area contributed by atoms with Crippen molar-refractivity contribution in [1.29, 1.82) is 0 Å². The Morgan fingerprint density at radius 3 is 2.44 bits per heavy atom. The van der Waals surface area contributed by atoms with E-state index in [1.807, 2.05) is 0 Å². The lowest BCUT2D eigenvalue weighted by Gasteiger charge is -2.26. The van der Waals surface area contributed by atoms with Crippen LogP contribution in [0.25, 0.3) is 0 Å². The number of hydrogen-bond donors (Lipinski definition) is 3. The number of aliphatic hydroxyl groups is 1. The Morgan fingerprint density at radius 1 is 1.15 bits per heavy atom. The summed E-state index contributed by atoms with van der Waals surface area (Å²) in [5, 5.41) is 14.4. The van der Waals surface area contributed by atoms with Gasteiger partial charge in [-0.25, -0.2) is 4.79 Å². The SMILES string of the molecule is CC(C)(C)OC(=O)NCC(c1ccc(Cl)c(Cl)c1)C(O)c1cccc(N)c1. The standard InChI is InChI=1S/C20H24Cl2N2O3/c1-20(2,3)27-19(26)24-11-15(12-7-8-16(21)17(22)10-12)18(25)13-5-4-6-14(23)9-13/h4-10,15,18,25H,11,23H2,1-3H3,(H,24,26). The summed E-state index contributed by atoms with van der Waals surface area (Å²) in [6.07, 6.45) is -1.48. The van der Waals surface area contributed by atoms with E-state index >= 15 is 0 Å². The molecule has 0 heterocycles. The highest BCUT2D eigenvalue weighted by Crippen LogP contribution is 2.34. The minimum absolute atomic E-state index is 0.142. The summed E-state index contributed by atoms with van der Waals surface area (Å²) in [5.74, 6) is -0.478. The molecule has 146 valence electrons. The lowest BCUT2D eigenvalue weighted by molar-refractivity contribution is 0.0509. The molecule has 0 fully saturated rings. The molecule has 0 radical (unpaired) electrons. The highest BCUT2D eigenvalue weighted by Gasteiger charge is 2.25. The number of carbonyl (C=O) groups is 1. The number of carbonyl (C=O) groups excluding carboxylic acids is 1. The minimum atomic E-state index is -0.916. The van der Waals surface area contributed by atoms with Gasteiger partial charge in [0.15, 0.2) is 0 Å². The Balaban J connectivity index is 2.27. The van der Waals surface area contributed by atoms with Crippen LogP contribution < -0.4 is 11.1 Å². The first kappa shape index (κ1) is 21.4. The summed E-state index contributed by atoms with van der Waals surface area (Å²) in [6, 6.07) is 12.1. The number of nitrogens with one attached hydrogen (secondary N) is 1. The van der Waals surface area contributed by atoms with Crippen molar-refractivity contribution in [2.45, 2.75) is 38.4 Å². The van der Waals surface area contributed by atoms with Crippen LogP contribution in [0.2, 0.25) is 10.0 Å². The molecular weight excluding hydrogens is 387 g/mol. The van der Waals surface area contributed by atoms with E-state index in [9.17, 15) is 9.90 Å². The first-order chi connectivity index (χ1) is 12.6. The zero-order valence-corrected chi connectivity index (χ0v) is 17.0. The number of ether oxygens (including phenoxy) is 1. The normalized spacial score (nSPS) is 13.7. The number of amides is 1. The van der Waals surface area contributed by atoms with Crippen LogP contribution >= 0.6 is 23.2 Å². The molecule has 2 aromatic rings. The van der Waals surface area contributed by atoms with Crippen LogP contribution in [0.5, 0.6) is 0 Å². The monoisotopic (exact) mass is 410 g/mol. The first-order valence-electron chi connectivity index (χ1n) is 8.52. The molecule has 2 atom stereocenters. The summed E-state index contributed by atoms with van der Waals surface area (Å²) in [6.45, 7) is 5.49. The van der Waals surface area contributed by atoms with Gasteiger partial charge in [-0.15, -0.1) is 0 Å². The van der Waals surface area contributed by atoms with Crippen molar-refractivity contribution in [2.75, 3.05) is 12.3 Å². The molecule has 4 N–H and O–H groups in total. The largest absolute Gasteiger partial charge is 0.444 e. The second kappa shape index (κ2) is 8.83. The van der Waals surface area contributed by atoms with Crippen molar-refractivity contribution in [3.63, 3.8) is 0 Å². The third-order valence-electron chi connectivity index (χ3n) is 3.87. The number of nitrogens with two attached hydrogens (primary N) is 1. The second-order valence-electron chi connectivity index (χ2n) is 7.28. The maximum Gasteiger partial charge on any atom is 0.407 e. The molecular formula is C20H24Cl2N2O3. The van der Waals surface area contributed by atoms with Crippen LogP contribution in [0.1, 0.15) is 43.9 Å². The Bertz CT molecular complexity index is 806. The molecule has 1 amide bonds. The van der Waals surface area contributed by atoms with E-state index in [0.29, 0.717) is 21.3 Å². The van der Waals surface area contributed by atoms with Crippen molar-refractivity contribution in [1.82, 2.24) is 5.32 Å². The topological polar surface area (TPSA) is 84.6 Å². The molecule has 27 heavy (non-hydrogen) atoms. The van der Waals surface area contributed by atoms with E-state index in [1.165, 1.54) is 0 Å². The van der Waals surface area contributed by atoms with Crippen LogP contribution in [-0.4, -0.2) is 23.3 Å². The maximum absolute atomic E-state index is 12.0. The zero-order valence-electron chi connectivity index (χ0n) is 15.5. The smallest absolute Gasteiger partial charge is 0.407 e. The van der Waals surface area contributed by atoms with Crippen molar-refractivity contribution in [3.05, 3.63) is 63.6 Å². The van der Waals surface area contributed by atoms with Gasteiger partial charge in [-0.2, -0.15) is 0 Å².